The Morgan fingerprint density at radius 2 is 1.58 bits per heavy atom. The molecule has 0 aliphatic heterocycles. The van der Waals surface area contributed by atoms with Crippen LogP contribution in [0.2, 0.25) is 0 Å². The summed E-state index contributed by atoms with van der Waals surface area (Å²) in [7, 11) is 0. The Balaban J connectivity index is 2.06. The van der Waals surface area contributed by atoms with Crippen LogP contribution in [0, 0.1) is 0 Å². The number of amides is 2. The third-order valence-electron chi connectivity index (χ3n) is 4.68. The maximum Gasteiger partial charge on any atom is 0.416 e. The van der Waals surface area contributed by atoms with Crippen molar-refractivity contribution in [3.8, 4) is 5.75 Å². The molecule has 0 bridgehead atoms. The minimum Gasteiger partial charge on any atom is -0.508 e. The van der Waals surface area contributed by atoms with Gasteiger partial charge in [-0.2, -0.15) is 13.2 Å². The van der Waals surface area contributed by atoms with Crippen molar-refractivity contribution in [1.29, 1.82) is 0 Å². The summed E-state index contributed by atoms with van der Waals surface area (Å²) < 4.78 is 39.4. The van der Waals surface area contributed by atoms with Crippen LogP contribution in [-0.2, 0) is 17.5 Å². The molecule has 3 aromatic rings. The number of hydrogen-bond acceptors (Lipinski definition) is 3. The number of primary amides is 1. The van der Waals surface area contributed by atoms with E-state index in [4.69, 9.17) is 5.73 Å². The van der Waals surface area contributed by atoms with Gasteiger partial charge in [0.25, 0.3) is 5.91 Å². The molecule has 0 aliphatic rings. The maximum atomic E-state index is 13.3. The number of phenols is 1. The van der Waals surface area contributed by atoms with Crippen molar-refractivity contribution < 1.29 is 27.9 Å². The Kier molecular flexibility index (Phi) is 6.29. The molecule has 3 N–H and O–H groups in total. The van der Waals surface area contributed by atoms with E-state index in [0.29, 0.717) is 5.56 Å². The Hall–Kier alpha value is -3.81. The molecule has 0 fully saturated rings. The van der Waals surface area contributed by atoms with Gasteiger partial charge in [0.2, 0.25) is 5.91 Å². The number of aromatic hydroxyl groups is 1. The Bertz CT molecular complexity index is 1070. The Morgan fingerprint density at radius 1 is 0.935 bits per heavy atom. The fraction of sp³-hybridized carbons (Fsp3) is 0.130. The Morgan fingerprint density at radius 3 is 2.16 bits per heavy atom. The van der Waals surface area contributed by atoms with Crippen LogP contribution in [0.15, 0.2) is 78.9 Å². The first kappa shape index (κ1) is 21.9. The fourth-order valence-electron chi connectivity index (χ4n) is 3.23. The fourth-order valence-corrected chi connectivity index (χ4v) is 3.23. The number of phenolic OH excluding ortho intramolecular Hbond substituents is 1. The lowest BCUT2D eigenvalue weighted by molar-refractivity contribution is -0.137. The van der Waals surface area contributed by atoms with E-state index < -0.39 is 29.6 Å². The molecule has 0 aromatic heterocycles. The zero-order valence-electron chi connectivity index (χ0n) is 16.2. The number of carbonyl (C=O) groups excluding carboxylic acids is 2. The number of rotatable bonds is 6. The number of nitrogens with zero attached hydrogens (tertiary/aromatic N) is 1. The molecule has 0 heterocycles. The van der Waals surface area contributed by atoms with Gasteiger partial charge in [-0.1, -0.05) is 42.5 Å². The lowest BCUT2D eigenvalue weighted by atomic mass is 10.0. The molecule has 3 aromatic carbocycles. The molecule has 0 radical (unpaired) electrons. The molecule has 0 spiro atoms. The number of hydrogen-bond donors (Lipinski definition) is 2. The van der Waals surface area contributed by atoms with Crippen LogP contribution >= 0.6 is 0 Å². The summed E-state index contributed by atoms with van der Waals surface area (Å²) in [4.78, 5) is 26.8. The van der Waals surface area contributed by atoms with Gasteiger partial charge in [0.1, 0.15) is 11.8 Å². The second-order valence-electron chi connectivity index (χ2n) is 6.89. The van der Waals surface area contributed by atoms with E-state index in [9.17, 15) is 27.9 Å². The zero-order chi connectivity index (χ0) is 22.6. The monoisotopic (exact) mass is 428 g/mol. The first-order chi connectivity index (χ1) is 14.7. The van der Waals surface area contributed by atoms with Crippen LogP contribution < -0.4 is 5.73 Å². The average molecular weight is 428 g/mol. The largest absolute Gasteiger partial charge is 0.508 e. The molecule has 8 heteroatoms. The zero-order valence-corrected chi connectivity index (χ0v) is 16.2. The van der Waals surface area contributed by atoms with Crippen molar-refractivity contribution in [2.75, 3.05) is 0 Å². The van der Waals surface area contributed by atoms with Gasteiger partial charge in [0, 0.05) is 12.1 Å². The number of benzene rings is 3. The molecule has 31 heavy (non-hydrogen) atoms. The van der Waals surface area contributed by atoms with E-state index in [-0.39, 0.29) is 23.4 Å². The van der Waals surface area contributed by atoms with Crippen molar-refractivity contribution in [2.45, 2.75) is 18.8 Å². The highest BCUT2D eigenvalue weighted by atomic mass is 19.4. The van der Waals surface area contributed by atoms with Crippen LogP contribution in [0.4, 0.5) is 13.2 Å². The summed E-state index contributed by atoms with van der Waals surface area (Å²) in [6.45, 7) is -0.286. The van der Waals surface area contributed by atoms with Gasteiger partial charge in [-0.05, 0) is 47.5 Å². The molecular formula is C23H19F3N2O3. The molecule has 0 saturated heterocycles. The highest BCUT2D eigenvalue weighted by molar-refractivity contribution is 5.97. The minimum absolute atomic E-state index is 0.0597. The van der Waals surface area contributed by atoms with E-state index in [1.807, 2.05) is 0 Å². The lowest BCUT2D eigenvalue weighted by Crippen LogP contribution is -2.41. The second-order valence-corrected chi connectivity index (χ2v) is 6.89. The van der Waals surface area contributed by atoms with E-state index in [2.05, 4.69) is 0 Å². The summed E-state index contributed by atoms with van der Waals surface area (Å²) in [5.41, 5.74) is 5.50. The van der Waals surface area contributed by atoms with E-state index >= 15 is 0 Å². The van der Waals surface area contributed by atoms with Gasteiger partial charge in [0.05, 0.1) is 5.56 Å². The van der Waals surface area contributed by atoms with Gasteiger partial charge in [-0.3, -0.25) is 9.59 Å². The quantitative estimate of drug-likeness (QED) is 0.615. The summed E-state index contributed by atoms with van der Waals surface area (Å²) in [5.74, 6) is -1.51. The van der Waals surface area contributed by atoms with Gasteiger partial charge in [0.15, 0.2) is 0 Å². The lowest BCUT2D eigenvalue weighted by Gasteiger charge is -2.30. The van der Waals surface area contributed by atoms with Crippen LogP contribution in [0.25, 0.3) is 0 Å². The van der Waals surface area contributed by atoms with Crippen LogP contribution in [0.1, 0.15) is 33.1 Å². The smallest absolute Gasteiger partial charge is 0.416 e. The van der Waals surface area contributed by atoms with Gasteiger partial charge in [-0.15, -0.1) is 0 Å². The molecule has 0 aliphatic carbocycles. The topological polar surface area (TPSA) is 83.6 Å². The van der Waals surface area contributed by atoms with Crippen molar-refractivity contribution >= 4 is 11.8 Å². The molecule has 160 valence electrons. The predicted molar refractivity (Wildman–Crippen MR) is 108 cm³/mol. The van der Waals surface area contributed by atoms with Gasteiger partial charge >= 0.3 is 6.18 Å². The molecule has 2 amide bonds. The summed E-state index contributed by atoms with van der Waals surface area (Å²) in [6.07, 6.45) is -4.55. The highest BCUT2D eigenvalue weighted by Crippen LogP contribution is 2.31. The van der Waals surface area contributed by atoms with Crippen LogP contribution in [-0.4, -0.2) is 21.8 Å². The first-order valence-electron chi connectivity index (χ1n) is 9.27. The number of carbonyl (C=O) groups is 2. The normalized spacial score (nSPS) is 12.2. The Labute approximate surface area is 176 Å². The third-order valence-corrected chi connectivity index (χ3v) is 4.68. The number of alkyl halides is 3. The van der Waals surface area contributed by atoms with Gasteiger partial charge in [-0.25, -0.2) is 0 Å². The van der Waals surface area contributed by atoms with Crippen molar-refractivity contribution in [3.05, 3.63) is 101 Å². The number of nitrogens with two attached hydrogens (primary N) is 1. The van der Waals surface area contributed by atoms with E-state index in [1.54, 1.807) is 30.3 Å². The molecule has 5 nitrogen and oxygen atoms in total. The second kappa shape index (κ2) is 8.91. The van der Waals surface area contributed by atoms with Crippen LogP contribution in [0.5, 0.6) is 5.75 Å². The SMILES string of the molecule is NC(=O)[C@@H](c1ccccc1)N(Cc1cccc(C(F)(F)F)c1)C(=O)c1ccc(O)cc1. The summed E-state index contributed by atoms with van der Waals surface area (Å²) in [6, 6.07) is 16.9. The van der Waals surface area contributed by atoms with E-state index in [1.165, 1.54) is 36.4 Å². The van der Waals surface area contributed by atoms with Crippen molar-refractivity contribution in [3.63, 3.8) is 0 Å². The van der Waals surface area contributed by atoms with Crippen LogP contribution in [0.3, 0.4) is 0 Å². The highest BCUT2D eigenvalue weighted by Gasteiger charge is 2.33. The maximum absolute atomic E-state index is 13.3. The minimum atomic E-state index is -4.55. The summed E-state index contributed by atoms with van der Waals surface area (Å²) in [5, 5.41) is 9.49. The average Bonchev–Trinajstić information content (AvgIpc) is 2.73. The van der Waals surface area contributed by atoms with E-state index in [0.717, 1.165) is 17.0 Å². The molecule has 1 atom stereocenters. The van der Waals surface area contributed by atoms with Crippen molar-refractivity contribution in [2.24, 2.45) is 5.73 Å². The van der Waals surface area contributed by atoms with Gasteiger partial charge < -0.3 is 15.7 Å². The standard InChI is InChI=1S/C23H19F3N2O3/c24-23(25,26)18-8-4-5-15(13-18)14-28(22(31)17-9-11-19(29)12-10-17)20(21(27)30)16-6-2-1-3-7-16/h1-13,20,29H,14H2,(H2,27,30)/t20-/m1/s1. The first-order valence-corrected chi connectivity index (χ1v) is 9.27. The summed E-state index contributed by atoms with van der Waals surface area (Å²) >= 11 is 0. The molecule has 0 saturated carbocycles. The van der Waals surface area contributed by atoms with Crippen molar-refractivity contribution in [1.82, 2.24) is 4.90 Å². The predicted octanol–water partition coefficient (Wildman–Crippen LogP) is 4.28. The molecule has 0 unspecified atom stereocenters. The third kappa shape index (κ3) is 5.22. The molecule has 3 rings (SSSR count). The number of halogens is 3. The molecular weight excluding hydrogens is 409 g/mol.